The lowest BCUT2D eigenvalue weighted by Crippen LogP contribution is -2.23. The Morgan fingerprint density at radius 3 is 2.33 bits per heavy atom. The van der Waals surface area contributed by atoms with Crippen molar-refractivity contribution >= 4 is 5.97 Å². The van der Waals surface area contributed by atoms with Gasteiger partial charge in [-0.2, -0.15) is 0 Å². The molecule has 3 nitrogen and oxygen atoms in total. The third kappa shape index (κ3) is 5.13. The Balaban J connectivity index is 3.54. The van der Waals surface area contributed by atoms with Crippen molar-refractivity contribution in [1.82, 2.24) is 0 Å². The lowest BCUT2D eigenvalue weighted by atomic mass is 10.2. The number of hydrogen-bond donors (Lipinski definition) is 0. The summed E-state index contributed by atoms with van der Waals surface area (Å²) < 4.78 is 10.1. The van der Waals surface area contributed by atoms with Gasteiger partial charge in [-0.3, -0.25) is 4.79 Å². The molecule has 0 rings (SSSR count). The summed E-state index contributed by atoms with van der Waals surface area (Å²) in [7, 11) is 0. The fourth-order valence-corrected chi connectivity index (χ4v) is 0.652. The predicted octanol–water partition coefficient (Wildman–Crippen LogP) is 1.61. The maximum absolute atomic E-state index is 11.0. The van der Waals surface area contributed by atoms with Crippen LogP contribution in [0.2, 0.25) is 0 Å². The maximum Gasteiger partial charge on any atom is 0.308 e. The summed E-state index contributed by atoms with van der Waals surface area (Å²) >= 11 is 0. The van der Waals surface area contributed by atoms with Gasteiger partial charge < -0.3 is 9.47 Å². The Hall–Kier alpha value is -0.570. The first kappa shape index (κ1) is 11.4. The zero-order valence-electron chi connectivity index (χ0n) is 8.29. The zero-order chi connectivity index (χ0) is 9.56. The number of carbonyl (C=O) groups excluding carboxylic acids is 1. The van der Waals surface area contributed by atoms with Crippen LogP contribution in [0.25, 0.3) is 0 Å². The number of carbonyl (C=O) groups is 1. The van der Waals surface area contributed by atoms with Crippen LogP contribution in [0.15, 0.2) is 0 Å². The van der Waals surface area contributed by atoms with E-state index in [9.17, 15) is 4.79 Å². The SMILES string of the molecule is CCOCC(C)OC(=O)C(C)C. The standard InChI is InChI=1S/C9H18O3/c1-5-11-6-8(4)12-9(10)7(2)3/h7-8H,5-6H2,1-4H3. The van der Waals surface area contributed by atoms with Gasteiger partial charge in [-0.15, -0.1) is 0 Å². The molecule has 0 spiro atoms. The topological polar surface area (TPSA) is 35.5 Å². The van der Waals surface area contributed by atoms with Gasteiger partial charge in [-0.05, 0) is 13.8 Å². The Morgan fingerprint density at radius 1 is 1.33 bits per heavy atom. The van der Waals surface area contributed by atoms with Crippen molar-refractivity contribution in [1.29, 1.82) is 0 Å². The molecule has 0 fully saturated rings. The van der Waals surface area contributed by atoms with Crippen molar-refractivity contribution in [2.24, 2.45) is 5.92 Å². The first-order chi connectivity index (χ1) is 5.57. The van der Waals surface area contributed by atoms with Crippen molar-refractivity contribution in [3.63, 3.8) is 0 Å². The van der Waals surface area contributed by atoms with Crippen LogP contribution in [0.5, 0.6) is 0 Å². The summed E-state index contributed by atoms with van der Waals surface area (Å²) in [6, 6.07) is 0. The molecule has 0 radical (unpaired) electrons. The van der Waals surface area contributed by atoms with Crippen LogP contribution in [0.3, 0.4) is 0 Å². The molecule has 1 atom stereocenters. The van der Waals surface area contributed by atoms with E-state index in [-0.39, 0.29) is 18.0 Å². The highest BCUT2D eigenvalue weighted by Crippen LogP contribution is 2.00. The molecule has 0 aromatic rings. The van der Waals surface area contributed by atoms with E-state index in [0.717, 1.165) is 0 Å². The highest BCUT2D eigenvalue weighted by atomic mass is 16.6. The van der Waals surface area contributed by atoms with E-state index in [1.807, 2.05) is 27.7 Å². The van der Waals surface area contributed by atoms with Crippen LogP contribution >= 0.6 is 0 Å². The molecule has 0 aliphatic carbocycles. The Labute approximate surface area is 74.0 Å². The molecule has 3 heteroatoms. The van der Waals surface area contributed by atoms with Gasteiger partial charge in [0.15, 0.2) is 0 Å². The molecule has 0 aliphatic rings. The van der Waals surface area contributed by atoms with Gasteiger partial charge in [0.25, 0.3) is 0 Å². The minimum atomic E-state index is -0.165. The summed E-state index contributed by atoms with van der Waals surface area (Å²) in [6.45, 7) is 8.51. The second-order valence-electron chi connectivity index (χ2n) is 3.06. The fourth-order valence-electron chi connectivity index (χ4n) is 0.652. The summed E-state index contributed by atoms with van der Waals surface area (Å²) in [5.74, 6) is -0.226. The largest absolute Gasteiger partial charge is 0.460 e. The molecule has 0 N–H and O–H groups in total. The summed E-state index contributed by atoms with van der Waals surface area (Å²) in [5.41, 5.74) is 0. The number of esters is 1. The van der Waals surface area contributed by atoms with Crippen molar-refractivity contribution in [2.45, 2.75) is 33.8 Å². The first-order valence-corrected chi connectivity index (χ1v) is 4.36. The van der Waals surface area contributed by atoms with Gasteiger partial charge in [0.05, 0.1) is 12.5 Å². The molecule has 0 amide bonds. The summed E-state index contributed by atoms with van der Waals surface area (Å²) in [4.78, 5) is 11.0. The molecule has 0 saturated carbocycles. The Morgan fingerprint density at radius 2 is 1.92 bits per heavy atom. The molecule has 1 unspecified atom stereocenters. The van der Waals surface area contributed by atoms with Crippen LogP contribution in [-0.4, -0.2) is 25.3 Å². The van der Waals surface area contributed by atoms with E-state index in [4.69, 9.17) is 9.47 Å². The van der Waals surface area contributed by atoms with Gasteiger partial charge in [0.2, 0.25) is 0 Å². The molecule has 0 aromatic carbocycles. The third-order valence-corrected chi connectivity index (χ3v) is 1.35. The zero-order valence-corrected chi connectivity index (χ0v) is 8.29. The van der Waals surface area contributed by atoms with Crippen molar-refractivity contribution < 1.29 is 14.3 Å². The van der Waals surface area contributed by atoms with Crippen LogP contribution < -0.4 is 0 Å². The molecule has 12 heavy (non-hydrogen) atoms. The summed E-state index contributed by atoms with van der Waals surface area (Å²) in [6.07, 6.45) is -0.139. The lowest BCUT2D eigenvalue weighted by Gasteiger charge is -2.14. The van der Waals surface area contributed by atoms with Crippen LogP contribution in [0.4, 0.5) is 0 Å². The van der Waals surface area contributed by atoms with Crippen LogP contribution in [0.1, 0.15) is 27.7 Å². The smallest absolute Gasteiger partial charge is 0.308 e. The number of rotatable bonds is 5. The molecule has 0 aromatic heterocycles. The average molecular weight is 174 g/mol. The van der Waals surface area contributed by atoms with Gasteiger partial charge in [0, 0.05) is 6.61 Å². The quantitative estimate of drug-likeness (QED) is 0.594. The second kappa shape index (κ2) is 6.00. The predicted molar refractivity (Wildman–Crippen MR) is 46.9 cm³/mol. The van der Waals surface area contributed by atoms with E-state index in [0.29, 0.717) is 13.2 Å². The van der Waals surface area contributed by atoms with Gasteiger partial charge >= 0.3 is 5.97 Å². The lowest BCUT2D eigenvalue weighted by molar-refractivity contribution is -0.154. The second-order valence-corrected chi connectivity index (χ2v) is 3.06. The molecular formula is C9H18O3. The molecule has 72 valence electrons. The minimum absolute atomic E-state index is 0.0610. The average Bonchev–Trinajstić information content (AvgIpc) is 2.00. The molecule has 0 aliphatic heterocycles. The van der Waals surface area contributed by atoms with E-state index >= 15 is 0 Å². The normalized spacial score (nSPS) is 13.1. The molecular weight excluding hydrogens is 156 g/mol. The Kier molecular flexibility index (Phi) is 5.72. The minimum Gasteiger partial charge on any atom is -0.460 e. The van der Waals surface area contributed by atoms with Gasteiger partial charge in [0.1, 0.15) is 6.10 Å². The van der Waals surface area contributed by atoms with E-state index in [2.05, 4.69) is 0 Å². The maximum atomic E-state index is 11.0. The fraction of sp³-hybridized carbons (Fsp3) is 0.889. The third-order valence-electron chi connectivity index (χ3n) is 1.35. The highest BCUT2D eigenvalue weighted by molar-refractivity contribution is 5.71. The molecule has 0 heterocycles. The first-order valence-electron chi connectivity index (χ1n) is 4.36. The van der Waals surface area contributed by atoms with E-state index in [1.165, 1.54) is 0 Å². The van der Waals surface area contributed by atoms with Crippen molar-refractivity contribution in [3.05, 3.63) is 0 Å². The Bertz CT molecular complexity index is 132. The molecule has 0 saturated heterocycles. The van der Waals surface area contributed by atoms with Gasteiger partial charge in [-0.25, -0.2) is 0 Å². The molecule has 0 bridgehead atoms. The van der Waals surface area contributed by atoms with Crippen molar-refractivity contribution in [2.75, 3.05) is 13.2 Å². The summed E-state index contributed by atoms with van der Waals surface area (Å²) in [5, 5.41) is 0. The van der Waals surface area contributed by atoms with E-state index < -0.39 is 0 Å². The monoisotopic (exact) mass is 174 g/mol. The van der Waals surface area contributed by atoms with Gasteiger partial charge in [-0.1, -0.05) is 13.8 Å². The number of hydrogen-bond acceptors (Lipinski definition) is 3. The van der Waals surface area contributed by atoms with Crippen LogP contribution in [0, 0.1) is 5.92 Å². The van der Waals surface area contributed by atoms with E-state index in [1.54, 1.807) is 0 Å². The van der Waals surface area contributed by atoms with Crippen molar-refractivity contribution in [3.8, 4) is 0 Å². The van der Waals surface area contributed by atoms with Crippen LogP contribution in [-0.2, 0) is 14.3 Å². The highest BCUT2D eigenvalue weighted by Gasteiger charge is 2.12. The number of ether oxygens (including phenoxy) is 2.